The molecule has 5 heteroatoms. The van der Waals surface area contributed by atoms with Crippen molar-refractivity contribution < 1.29 is 14.3 Å². The van der Waals surface area contributed by atoms with Gasteiger partial charge in [-0.2, -0.15) is 0 Å². The van der Waals surface area contributed by atoms with Crippen LogP contribution in [0.25, 0.3) is 0 Å². The summed E-state index contributed by atoms with van der Waals surface area (Å²) in [5.74, 6) is -0.124. The smallest absolute Gasteiger partial charge is 0.306 e. The van der Waals surface area contributed by atoms with Gasteiger partial charge in [-0.25, -0.2) is 0 Å². The van der Waals surface area contributed by atoms with E-state index in [1.165, 1.54) is 7.11 Å². The minimum atomic E-state index is -0.315. The predicted molar refractivity (Wildman–Crippen MR) is 59.9 cm³/mol. The molecule has 1 N–H and O–H groups in total. The lowest BCUT2D eigenvalue weighted by atomic mass is 9.89. The standard InChI is InChI=1S/C11H20N2O3/c1-11(10(15)12-2)5-7-13(8-11)6-4-9(14)16-3/h4-8H2,1-3H3,(H,12,15). The lowest BCUT2D eigenvalue weighted by Crippen LogP contribution is -2.39. The van der Waals surface area contributed by atoms with Crippen molar-refractivity contribution in [2.75, 3.05) is 33.8 Å². The maximum atomic E-state index is 11.6. The van der Waals surface area contributed by atoms with Gasteiger partial charge in [-0.3, -0.25) is 9.59 Å². The Morgan fingerprint density at radius 2 is 2.19 bits per heavy atom. The van der Waals surface area contributed by atoms with E-state index in [4.69, 9.17) is 0 Å². The summed E-state index contributed by atoms with van der Waals surface area (Å²) in [5.41, 5.74) is -0.315. The molecule has 1 amide bonds. The van der Waals surface area contributed by atoms with Crippen LogP contribution in [0.4, 0.5) is 0 Å². The molecule has 0 aromatic heterocycles. The van der Waals surface area contributed by atoms with Crippen LogP contribution in [0.15, 0.2) is 0 Å². The highest BCUT2D eigenvalue weighted by molar-refractivity contribution is 5.82. The van der Waals surface area contributed by atoms with Gasteiger partial charge >= 0.3 is 5.97 Å². The highest BCUT2D eigenvalue weighted by atomic mass is 16.5. The Morgan fingerprint density at radius 3 is 2.75 bits per heavy atom. The summed E-state index contributed by atoms with van der Waals surface area (Å²) in [6, 6.07) is 0. The highest BCUT2D eigenvalue weighted by Gasteiger charge is 2.39. The average molecular weight is 228 g/mol. The SMILES string of the molecule is CNC(=O)C1(C)CCN(CCC(=O)OC)C1. The number of hydrogen-bond donors (Lipinski definition) is 1. The summed E-state index contributed by atoms with van der Waals surface area (Å²) in [6.45, 7) is 4.20. The van der Waals surface area contributed by atoms with Crippen LogP contribution in [0, 0.1) is 5.41 Å². The van der Waals surface area contributed by atoms with Gasteiger partial charge in [0.1, 0.15) is 0 Å². The van der Waals surface area contributed by atoms with Gasteiger partial charge in [0, 0.05) is 20.1 Å². The Kier molecular flexibility index (Phi) is 4.29. The van der Waals surface area contributed by atoms with Gasteiger partial charge in [0.25, 0.3) is 0 Å². The fourth-order valence-electron chi connectivity index (χ4n) is 2.09. The molecular formula is C11H20N2O3. The summed E-state index contributed by atoms with van der Waals surface area (Å²) in [6.07, 6.45) is 1.23. The molecule has 1 fully saturated rings. The van der Waals surface area contributed by atoms with E-state index in [2.05, 4.69) is 15.0 Å². The van der Waals surface area contributed by atoms with E-state index < -0.39 is 0 Å². The first-order chi connectivity index (χ1) is 7.51. The first-order valence-corrected chi connectivity index (χ1v) is 5.53. The molecule has 1 saturated heterocycles. The molecule has 0 saturated carbocycles. The van der Waals surface area contributed by atoms with Crippen LogP contribution in [0.3, 0.4) is 0 Å². The summed E-state index contributed by atoms with van der Waals surface area (Å²) in [7, 11) is 3.05. The quantitative estimate of drug-likeness (QED) is 0.688. The Balaban J connectivity index is 2.40. The second kappa shape index (κ2) is 5.30. The number of hydrogen-bond acceptors (Lipinski definition) is 4. The molecule has 1 aliphatic heterocycles. The number of methoxy groups -OCH3 is 1. The van der Waals surface area contributed by atoms with Crippen molar-refractivity contribution in [1.82, 2.24) is 10.2 Å². The normalized spacial score (nSPS) is 25.4. The number of ether oxygens (including phenoxy) is 1. The molecule has 92 valence electrons. The summed E-state index contributed by atoms with van der Waals surface area (Å²) < 4.78 is 4.59. The number of likely N-dealkylation sites (tertiary alicyclic amines) is 1. The molecule has 1 rings (SSSR count). The van der Waals surface area contributed by atoms with E-state index in [-0.39, 0.29) is 17.3 Å². The van der Waals surface area contributed by atoms with Crippen molar-refractivity contribution in [3.63, 3.8) is 0 Å². The van der Waals surface area contributed by atoms with Gasteiger partial charge in [0.15, 0.2) is 0 Å². The Hall–Kier alpha value is -1.10. The molecule has 0 aromatic carbocycles. The van der Waals surface area contributed by atoms with Gasteiger partial charge in [-0.15, -0.1) is 0 Å². The maximum absolute atomic E-state index is 11.6. The second-order valence-electron chi connectivity index (χ2n) is 4.49. The van der Waals surface area contributed by atoms with Crippen LogP contribution in [-0.4, -0.2) is 50.6 Å². The molecule has 0 bridgehead atoms. The summed E-state index contributed by atoms with van der Waals surface area (Å²) in [4.78, 5) is 24.8. The molecule has 0 spiro atoms. The summed E-state index contributed by atoms with van der Waals surface area (Å²) >= 11 is 0. The zero-order valence-corrected chi connectivity index (χ0v) is 10.2. The van der Waals surface area contributed by atoms with Crippen molar-refractivity contribution >= 4 is 11.9 Å². The number of carbonyl (C=O) groups excluding carboxylic acids is 2. The molecule has 0 aliphatic carbocycles. The van der Waals surface area contributed by atoms with E-state index in [9.17, 15) is 9.59 Å². The number of nitrogens with zero attached hydrogens (tertiary/aromatic N) is 1. The Bertz CT molecular complexity index is 280. The Labute approximate surface area is 96.1 Å². The molecule has 0 radical (unpaired) electrons. The van der Waals surface area contributed by atoms with Crippen LogP contribution in [0.5, 0.6) is 0 Å². The fourth-order valence-corrected chi connectivity index (χ4v) is 2.09. The fraction of sp³-hybridized carbons (Fsp3) is 0.818. The number of carbonyl (C=O) groups is 2. The Morgan fingerprint density at radius 1 is 1.50 bits per heavy atom. The average Bonchev–Trinajstić information content (AvgIpc) is 2.68. The monoisotopic (exact) mass is 228 g/mol. The molecule has 0 aromatic rings. The van der Waals surface area contributed by atoms with Crippen molar-refractivity contribution in [1.29, 1.82) is 0 Å². The van der Waals surface area contributed by atoms with Gasteiger partial charge in [-0.1, -0.05) is 0 Å². The van der Waals surface area contributed by atoms with Crippen LogP contribution in [0.2, 0.25) is 0 Å². The molecule has 16 heavy (non-hydrogen) atoms. The van der Waals surface area contributed by atoms with Crippen molar-refractivity contribution in [2.45, 2.75) is 19.8 Å². The third kappa shape index (κ3) is 2.95. The first-order valence-electron chi connectivity index (χ1n) is 5.53. The largest absolute Gasteiger partial charge is 0.469 e. The number of esters is 1. The third-order valence-corrected chi connectivity index (χ3v) is 3.19. The van der Waals surface area contributed by atoms with Gasteiger partial charge in [0.05, 0.1) is 18.9 Å². The van der Waals surface area contributed by atoms with E-state index in [1.54, 1.807) is 7.05 Å². The molecule has 1 atom stereocenters. The zero-order valence-electron chi connectivity index (χ0n) is 10.2. The zero-order chi connectivity index (χ0) is 12.2. The lowest BCUT2D eigenvalue weighted by molar-refractivity contribution is -0.140. The first kappa shape index (κ1) is 13.0. The molecule has 1 aliphatic rings. The van der Waals surface area contributed by atoms with E-state index in [0.29, 0.717) is 19.5 Å². The van der Waals surface area contributed by atoms with Crippen LogP contribution < -0.4 is 5.32 Å². The maximum Gasteiger partial charge on any atom is 0.306 e. The molecule has 1 unspecified atom stereocenters. The molecule has 5 nitrogen and oxygen atoms in total. The minimum Gasteiger partial charge on any atom is -0.469 e. The van der Waals surface area contributed by atoms with Crippen molar-refractivity contribution in [3.05, 3.63) is 0 Å². The number of nitrogens with one attached hydrogen (secondary N) is 1. The van der Waals surface area contributed by atoms with Crippen LogP contribution >= 0.6 is 0 Å². The predicted octanol–water partition coefficient (Wildman–Crippen LogP) is 0.00750. The lowest BCUT2D eigenvalue weighted by Gasteiger charge is -2.22. The molecule has 1 heterocycles. The van der Waals surface area contributed by atoms with Crippen molar-refractivity contribution in [2.24, 2.45) is 5.41 Å². The van der Waals surface area contributed by atoms with Gasteiger partial charge in [0.2, 0.25) is 5.91 Å². The van der Waals surface area contributed by atoms with Crippen molar-refractivity contribution in [3.8, 4) is 0 Å². The van der Waals surface area contributed by atoms with E-state index in [1.807, 2.05) is 6.92 Å². The van der Waals surface area contributed by atoms with E-state index >= 15 is 0 Å². The highest BCUT2D eigenvalue weighted by Crippen LogP contribution is 2.29. The van der Waals surface area contributed by atoms with Crippen LogP contribution in [0.1, 0.15) is 19.8 Å². The second-order valence-corrected chi connectivity index (χ2v) is 4.49. The van der Waals surface area contributed by atoms with Gasteiger partial charge < -0.3 is 15.0 Å². The molecular weight excluding hydrogens is 208 g/mol. The van der Waals surface area contributed by atoms with E-state index in [0.717, 1.165) is 13.0 Å². The minimum absolute atomic E-state index is 0.0769. The number of amides is 1. The third-order valence-electron chi connectivity index (χ3n) is 3.19. The van der Waals surface area contributed by atoms with Gasteiger partial charge in [-0.05, 0) is 19.9 Å². The number of rotatable bonds is 4. The summed E-state index contributed by atoms with van der Waals surface area (Å²) in [5, 5.41) is 2.69. The van der Waals surface area contributed by atoms with Crippen LogP contribution in [-0.2, 0) is 14.3 Å². The topological polar surface area (TPSA) is 58.6 Å².